The Kier molecular flexibility index (Phi) is 9.21. The van der Waals surface area contributed by atoms with Crippen molar-refractivity contribution >= 4 is 46.8 Å². The summed E-state index contributed by atoms with van der Waals surface area (Å²) in [5.41, 5.74) is 13.9. The molecule has 3 rings (SSSR count). The first-order valence-corrected chi connectivity index (χ1v) is 9.92. The molecule has 2 heterocycles. The number of hydrogen-bond donors (Lipinski definition) is 3. The van der Waals surface area contributed by atoms with Crippen molar-refractivity contribution in [1.82, 2.24) is 25.3 Å². The Labute approximate surface area is 205 Å². The van der Waals surface area contributed by atoms with Crippen molar-refractivity contribution in [3.05, 3.63) is 41.7 Å². The number of nitrogens with zero attached hydrogens (tertiary/aromatic N) is 5. The van der Waals surface area contributed by atoms with E-state index in [4.69, 9.17) is 11.5 Å². The van der Waals surface area contributed by atoms with Gasteiger partial charge in [-0.1, -0.05) is 0 Å². The Hall–Kier alpha value is -3.84. The topological polar surface area (TPSA) is 179 Å². The number of esters is 1. The zero-order valence-electron chi connectivity index (χ0n) is 18.4. The van der Waals surface area contributed by atoms with Gasteiger partial charge in [-0.3, -0.25) is 11.1 Å². The summed E-state index contributed by atoms with van der Waals surface area (Å²) in [6, 6.07) is 5.84. The molecule has 34 heavy (non-hydrogen) atoms. The molecule has 0 saturated heterocycles. The molecule has 0 fully saturated rings. The molecule has 1 radical (unpaired) electrons. The summed E-state index contributed by atoms with van der Waals surface area (Å²) in [6.07, 6.45) is 3.40. The minimum atomic E-state index is -0.926. The van der Waals surface area contributed by atoms with E-state index in [1.54, 1.807) is 36.7 Å². The Balaban J connectivity index is 0.00000408. The molecular formula is C21H23CoN8O4+. The molecule has 3 aromatic rings. The molecule has 1 aromatic carbocycles. The van der Waals surface area contributed by atoms with Gasteiger partial charge in [-0.15, -0.1) is 6.42 Å². The van der Waals surface area contributed by atoms with Crippen LogP contribution in [-0.2, 0) is 37.6 Å². The minimum Gasteiger partial charge on any atom is -0.542 e. The average Bonchev–Trinajstić information content (AvgIpc) is 2.81. The van der Waals surface area contributed by atoms with Gasteiger partial charge >= 0.3 is 22.7 Å². The van der Waals surface area contributed by atoms with Crippen LogP contribution in [0.15, 0.2) is 30.5 Å². The van der Waals surface area contributed by atoms with Crippen LogP contribution >= 0.6 is 0 Å². The van der Waals surface area contributed by atoms with Crippen LogP contribution < -0.4 is 21.7 Å². The maximum atomic E-state index is 12.5. The van der Waals surface area contributed by atoms with Crippen molar-refractivity contribution in [2.24, 2.45) is 0 Å². The summed E-state index contributed by atoms with van der Waals surface area (Å²) in [5.74, 6) is -0.898. The quantitative estimate of drug-likeness (QED) is 0.268. The number of ether oxygens (including phenoxy) is 1. The van der Waals surface area contributed by atoms with Gasteiger partial charge in [0.05, 0.1) is 25.5 Å². The van der Waals surface area contributed by atoms with Gasteiger partial charge in [-0.05, 0) is 30.7 Å². The van der Waals surface area contributed by atoms with Gasteiger partial charge in [-0.2, -0.15) is 9.97 Å². The van der Waals surface area contributed by atoms with Crippen LogP contribution in [0.4, 0.5) is 17.5 Å². The first-order chi connectivity index (χ1) is 15.8. The Morgan fingerprint density at radius 3 is 2.53 bits per heavy atom. The molecular weight excluding hydrogens is 487 g/mol. The van der Waals surface area contributed by atoms with Crippen molar-refractivity contribution < 1.29 is 35.9 Å². The number of aromatic nitrogens is 4. The summed E-state index contributed by atoms with van der Waals surface area (Å²) in [7, 11) is 3.07. The molecule has 0 bridgehead atoms. The molecule has 1 atom stereocenters. The van der Waals surface area contributed by atoms with Gasteiger partial charge in [0, 0.05) is 18.3 Å². The summed E-state index contributed by atoms with van der Waals surface area (Å²) in [4.78, 5) is 53.3. The number of hydrogen-bond acceptors (Lipinski definition) is 11. The van der Waals surface area contributed by atoms with Crippen LogP contribution in [0.5, 0.6) is 0 Å². The zero-order valence-corrected chi connectivity index (χ0v) is 19.5. The molecule has 0 aliphatic carbocycles. The number of carbonyl (C=O) groups is 2. The fourth-order valence-electron chi connectivity index (χ4n) is 3.10. The maximum Gasteiger partial charge on any atom is 2.00 e. The van der Waals surface area contributed by atoms with E-state index in [0.717, 1.165) is 5.69 Å². The molecule has 5 N–H and O–H groups in total. The monoisotopic (exact) mass is 510 g/mol. The van der Waals surface area contributed by atoms with E-state index in [0.29, 0.717) is 29.0 Å². The Morgan fingerprint density at radius 1 is 1.18 bits per heavy atom. The number of methoxy groups -OCH3 is 1. The molecule has 2 aromatic heterocycles. The smallest absolute Gasteiger partial charge is 0.542 e. The predicted octanol–water partition coefficient (Wildman–Crippen LogP) is 0.379. The molecule has 0 aliphatic rings. The number of fused-ring (bicyclic) bond motifs is 1. The van der Waals surface area contributed by atoms with Crippen LogP contribution in [0.3, 0.4) is 0 Å². The summed E-state index contributed by atoms with van der Waals surface area (Å²) >= 11 is 0. The predicted molar refractivity (Wildman–Crippen MR) is 121 cm³/mol. The summed E-state index contributed by atoms with van der Waals surface area (Å²) in [5, 5.41) is 2.58. The standard InChI is InChI=1S/C21H23N8O4.Co/c1-29(11-13-10-24-18-16(25-13)17(22)27-21(23)28-18)14-7-5-12(6-8-14)19(31)26-15(4-3-9-30)20(32)33-2;/h5-8,10,15H,3-4,11H2,1-2H3,(H,26,31)(H4,22,23,24,27,28);/q-1;+2. The van der Waals surface area contributed by atoms with Gasteiger partial charge in [-0.25, -0.2) is 14.8 Å². The molecule has 0 aliphatic heterocycles. The van der Waals surface area contributed by atoms with Crippen molar-refractivity contribution in [2.45, 2.75) is 25.4 Å². The number of benzene rings is 1. The summed E-state index contributed by atoms with van der Waals surface area (Å²) < 4.78 is 4.67. The fourth-order valence-corrected chi connectivity index (χ4v) is 3.10. The third kappa shape index (κ3) is 6.36. The zero-order chi connectivity index (χ0) is 24.0. The SMILES string of the molecule is COC(=O)C(CC[C-]=O)NC(=O)c1ccc(N(C)Cc2cnc3nc(N)nc(N)c3n2)cc1.[Co+2]. The fraction of sp³-hybridized carbons (Fsp3) is 0.286. The van der Waals surface area contributed by atoms with E-state index in [2.05, 4.69) is 30.0 Å². The number of amides is 1. The van der Waals surface area contributed by atoms with Crippen molar-refractivity contribution in [3.63, 3.8) is 0 Å². The number of nitrogen functional groups attached to an aromatic ring is 2. The van der Waals surface area contributed by atoms with E-state index in [1.165, 1.54) is 7.11 Å². The first kappa shape index (κ1) is 26.4. The number of nitrogens with one attached hydrogen (secondary N) is 1. The van der Waals surface area contributed by atoms with E-state index >= 15 is 0 Å². The van der Waals surface area contributed by atoms with E-state index in [9.17, 15) is 14.4 Å². The normalized spacial score (nSPS) is 11.2. The van der Waals surface area contributed by atoms with Gasteiger partial charge in [0.25, 0.3) is 5.91 Å². The second-order valence-corrected chi connectivity index (χ2v) is 7.14. The van der Waals surface area contributed by atoms with Crippen LogP contribution in [0, 0.1) is 0 Å². The van der Waals surface area contributed by atoms with Crippen LogP contribution in [0.2, 0.25) is 0 Å². The minimum absolute atomic E-state index is 0. The number of rotatable bonds is 9. The Morgan fingerprint density at radius 2 is 1.88 bits per heavy atom. The van der Waals surface area contributed by atoms with Crippen molar-refractivity contribution in [3.8, 4) is 0 Å². The molecule has 13 heteroatoms. The number of nitrogens with two attached hydrogens (primary N) is 2. The van der Waals surface area contributed by atoms with E-state index in [1.807, 2.05) is 11.9 Å². The van der Waals surface area contributed by atoms with Crippen LogP contribution in [0.1, 0.15) is 28.9 Å². The molecule has 12 nitrogen and oxygen atoms in total. The van der Waals surface area contributed by atoms with E-state index in [-0.39, 0.29) is 41.4 Å². The average molecular weight is 510 g/mol. The largest absolute Gasteiger partial charge is 2.00 e. The molecule has 1 amide bonds. The van der Waals surface area contributed by atoms with Gasteiger partial charge in [0.2, 0.25) is 5.95 Å². The molecule has 0 saturated carbocycles. The summed E-state index contributed by atoms with van der Waals surface area (Å²) in [6.45, 7) is 0.408. The second kappa shape index (κ2) is 11.9. The molecule has 179 valence electrons. The Bertz CT molecular complexity index is 1180. The maximum absolute atomic E-state index is 12.5. The van der Waals surface area contributed by atoms with Crippen molar-refractivity contribution in [1.29, 1.82) is 0 Å². The third-order valence-corrected chi connectivity index (χ3v) is 4.80. The molecule has 0 spiro atoms. The second-order valence-electron chi connectivity index (χ2n) is 7.14. The van der Waals surface area contributed by atoms with E-state index < -0.39 is 17.9 Å². The van der Waals surface area contributed by atoms with Gasteiger partial charge in [0.1, 0.15) is 6.04 Å². The van der Waals surface area contributed by atoms with Gasteiger partial charge < -0.3 is 31.2 Å². The van der Waals surface area contributed by atoms with Gasteiger partial charge in [0.15, 0.2) is 17.0 Å². The third-order valence-electron chi connectivity index (χ3n) is 4.80. The van der Waals surface area contributed by atoms with Crippen molar-refractivity contribution in [2.75, 3.05) is 30.5 Å². The first-order valence-electron chi connectivity index (χ1n) is 9.92. The van der Waals surface area contributed by atoms with Crippen LogP contribution in [0.25, 0.3) is 11.2 Å². The molecule has 1 unspecified atom stereocenters. The van der Waals surface area contributed by atoms with Crippen LogP contribution in [-0.4, -0.2) is 58.3 Å². The number of anilines is 3. The number of carbonyl (C=O) groups excluding carboxylic acids is 3.